The van der Waals surface area contributed by atoms with Crippen LogP contribution in [0.1, 0.15) is 38.3 Å². The number of ether oxygens (including phenoxy) is 2. The fraction of sp³-hybridized carbons (Fsp3) is 0.611. The van der Waals surface area contributed by atoms with Crippen molar-refractivity contribution in [2.45, 2.75) is 47.1 Å². The van der Waals surface area contributed by atoms with Gasteiger partial charge in [0.05, 0.1) is 37.6 Å². The molecule has 46 heavy (non-hydrogen) atoms. The first-order valence-corrected chi connectivity index (χ1v) is 17.2. The molecule has 2 fully saturated rings. The average Bonchev–Trinajstić information content (AvgIpc) is 3.05. The summed E-state index contributed by atoms with van der Waals surface area (Å²) in [6.07, 6.45) is 1.20. The molecule has 2 saturated heterocycles. The average molecular weight is 635 g/mol. The maximum absolute atomic E-state index is 12.8. The summed E-state index contributed by atoms with van der Waals surface area (Å²) in [4.78, 5) is 38.8. The predicted molar refractivity (Wildman–Crippen MR) is 184 cm³/mol. The van der Waals surface area contributed by atoms with E-state index in [0.29, 0.717) is 45.4 Å². The number of hydrogen-bond acceptors (Lipinski definition) is 8. The van der Waals surface area contributed by atoms with Crippen LogP contribution in [0.5, 0.6) is 11.5 Å². The van der Waals surface area contributed by atoms with Crippen molar-refractivity contribution in [3.8, 4) is 11.5 Å². The summed E-state index contributed by atoms with van der Waals surface area (Å²) in [7, 11) is 0. The summed E-state index contributed by atoms with van der Waals surface area (Å²) >= 11 is 0. The molecule has 252 valence electrons. The lowest BCUT2D eigenvalue weighted by molar-refractivity contribution is -0.121. The van der Waals surface area contributed by atoms with Crippen molar-refractivity contribution in [1.82, 2.24) is 19.6 Å². The van der Waals surface area contributed by atoms with Crippen LogP contribution in [-0.2, 0) is 9.59 Å². The molecule has 2 aromatic carbocycles. The summed E-state index contributed by atoms with van der Waals surface area (Å²) in [5.41, 5.74) is 4.14. The fourth-order valence-corrected chi connectivity index (χ4v) is 6.65. The van der Waals surface area contributed by atoms with Gasteiger partial charge in [0.25, 0.3) is 0 Å². The number of carbonyl (C=O) groups excluding carboxylic acids is 2. The first-order valence-electron chi connectivity index (χ1n) is 17.2. The molecule has 10 nitrogen and oxygen atoms in total. The molecule has 0 radical (unpaired) electrons. The van der Waals surface area contributed by atoms with E-state index >= 15 is 0 Å². The van der Waals surface area contributed by atoms with Gasteiger partial charge in [0.2, 0.25) is 11.8 Å². The zero-order chi connectivity index (χ0) is 32.6. The van der Waals surface area contributed by atoms with Crippen LogP contribution in [0.3, 0.4) is 0 Å². The van der Waals surface area contributed by atoms with Crippen LogP contribution in [0.15, 0.2) is 36.4 Å². The van der Waals surface area contributed by atoms with Crippen LogP contribution >= 0.6 is 0 Å². The van der Waals surface area contributed by atoms with E-state index in [9.17, 15) is 9.59 Å². The van der Waals surface area contributed by atoms with Crippen molar-refractivity contribution < 1.29 is 19.1 Å². The number of aryl methyl sites for hydroxylation is 2. The van der Waals surface area contributed by atoms with Gasteiger partial charge >= 0.3 is 0 Å². The highest BCUT2D eigenvalue weighted by molar-refractivity contribution is 5.97. The Morgan fingerprint density at radius 2 is 1.09 bits per heavy atom. The van der Waals surface area contributed by atoms with Gasteiger partial charge in [-0.2, -0.15) is 0 Å². The lowest BCUT2D eigenvalue weighted by atomic mass is 10.1. The van der Waals surface area contributed by atoms with E-state index in [1.165, 1.54) is 6.42 Å². The zero-order valence-electron chi connectivity index (χ0n) is 28.7. The van der Waals surface area contributed by atoms with Crippen molar-refractivity contribution in [3.63, 3.8) is 0 Å². The third kappa shape index (κ3) is 8.79. The standard InChI is InChI=1S/2C18H27N3O2/c1-14(2)20-8-6-19(7-9-20)13-18(22)21-10-11-23-17-5-4-15(3)12-16(17)21;1-3-6-19-7-9-20(10-8-19)14-18(22)21-11-12-23-17-5-4-15(2)13-16(17)21/h4-5,12,14H,6-11,13H2,1-3H3;4-5,13H,3,6-12,14H2,1-2H3. The second-order valence-electron chi connectivity index (χ2n) is 13.3. The van der Waals surface area contributed by atoms with E-state index in [2.05, 4.69) is 40.4 Å². The van der Waals surface area contributed by atoms with Gasteiger partial charge in [0, 0.05) is 58.4 Å². The normalized spacial score (nSPS) is 19.4. The third-order valence-electron chi connectivity index (χ3n) is 9.42. The Bertz CT molecular complexity index is 1320. The second kappa shape index (κ2) is 16.1. The molecule has 0 unspecified atom stereocenters. The molecule has 10 heteroatoms. The predicted octanol–water partition coefficient (Wildman–Crippen LogP) is 3.49. The minimum absolute atomic E-state index is 0.179. The van der Waals surface area contributed by atoms with Crippen LogP contribution in [0.25, 0.3) is 0 Å². The highest BCUT2D eigenvalue weighted by Crippen LogP contribution is 2.33. The third-order valence-corrected chi connectivity index (χ3v) is 9.42. The molecule has 2 aromatic rings. The van der Waals surface area contributed by atoms with Gasteiger partial charge in [0.15, 0.2) is 0 Å². The highest BCUT2D eigenvalue weighted by Gasteiger charge is 2.28. The minimum Gasteiger partial charge on any atom is -0.490 e. The van der Waals surface area contributed by atoms with Crippen LogP contribution in [0.2, 0.25) is 0 Å². The molecule has 0 aliphatic carbocycles. The van der Waals surface area contributed by atoms with Crippen LogP contribution in [0.4, 0.5) is 11.4 Å². The Balaban J connectivity index is 0.000000181. The van der Waals surface area contributed by atoms with Gasteiger partial charge in [-0.25, -0.2) is 0 Å². The first kappa shape index (κ1) is 34.2. The molecule has 6 rings (SSSR count). The topological polar surface area (TPSA) is 72.0 Å². The van der Waals surface area contributed by atoms with Crippen molar-refractivity contribution >= 4 is 23.2 Å². The zero-order valence-corrected chi connectivity index (χ0v) is 28.7. The van der Waals surface area contributed by atoms with Gasteiger partial charge in [-0.3, -0.25) is 24.3 Å². The van der Waals surface area contributed by atoms with E-state index in [1.807, 2.05) is 60.0 Å². The van der Waals surface area contributed by atoms with Crippen molar-refractivity contribution in [2.24, 2.45) is 0 Å². The molecule has 0 aromatic heterocycles. The summed E-state index contributed by atoms with van der Waals surface area (Å²) in [6.45, 7) is 23.5. The fourth-order valence-electron chi connectivity index (χ4n) is 6.65. The Kier molecular flexibility index (Phi) is 11.9. The number of amides is 2. The number of hydrogen-bond donors (Lipinski definition) is 0. The number of nitrogens with zero attached hydrogens (tertiary/aromatic N) is 6. The largest absolute Gasteiger partial charge is 0.490 e. The number of anilines is 2. The molecular formula is C36H54N6O4. The molecule has 0 spiro atoms. The van der Waals surface area contributed by atoms with Crippen molar-refractivity contribution in [3.05, 3.63) is 47.5 Å². The lowest BCUT2D eigenvalue weighted by Gasteiger charge is -2.38. The van der Waals surface area contributed by atoms with Crippen molar-refractivity contribution in [1.29, 1.82) is 0 Å². The monoisotopic (exact) mass is 634 g/mol. The van der Waals surface area contributed by atoms with Crippen LogP contribution < -0.4 is 19.3 Å². The highest BCUT2D eigenvalue weighted by atomic mass is 16.5. The number of rotatable bonds is 7. The Morgan fingerprint density at radius 1 is 0.652 bits per heavy atom. The van der Waals surface area contributed by atoms with E-state index in [-0.39, 0.29) is 11.8 Å². The van der Waals surface area contributed by atoms with Crippen LogP contribution in [-0.4, -0.2) is 136 Å². The van der Waals surface area contributed by atoms with E-state index in [0.717, 1.165) is 92.9 Å². The quantitative estimate of drug-likeness (QED) is 0.459. The first-order chi connectivity index (χ1) is 22.2. The van der Waals surface area contributed by atoms with Crippen LogP contribution in [0, 0.1) is 13.8 Å². The SMILES string of the molecule is CCCN1CCN(CC(=O)N2CCOc3ccc(C)cc32)CC1.Cc1ccc2c(c1)N(C(=O)CN1CCN(C(C)C)CC1)CCO2. The molecule has 4 aliphatic heterocycles. The number of carbonyl (C=O) groups is 2. The molecule has 0 N–H and O–H groups in total. The Hall–Kier alpha value is -3.18. The summed E-state index contributed by atoms with van der Waals surface area (Å²) in [6, 6.07) is 12.7. The lowest BCUT2D eigenvalue weighted by Crippen LogP contribution is -2.52. The number of fused-ring (bicyclic) bond motifs is 2. The maximum Gasteiger partial charge on any atom is 0.241 e. The smallest absolute Gasteiger partial charge is 0.241 e. The van der Waals surface area contributed by atoms with E-state index in [4.69, 9.17) is 9.47 Å². The molecular weight excluding hydrogens is 580 g/mol. The Morgan fingerprint density at radius 3 is 1.52 bits per heavy atom. The van der Waals surface area contributed by atoms with Gasteiger partial charge in [-0.05, 0) is 76.1 Å². The Labute approximate surface area is 275 Å². The molecule has 0 saturated carbocycles. The molecule has 4 heterocycles. The number of piperazine rings is 2. The van der Waals surface area contributed by atoms with Crippen molar-refractivity contribution in [2.75, 3.05) is 108 Å². The van der Waals surface area contributed by atoms with E-state index < -0.39 is 0 Å². The molecule has 4 aliphatic rings. The number of benzene rings is 2. The summed E-state index contributed by atoms with van der Waals surface area (Å²) < 4.78 is 11.4. The van der Waals surface area contributed by atoms with Gasteiger partial charge in [-0.15, -0.1) is 0 Å². The van der Waals surface area contributed by atoms with Gasteiger partial charge in [-0.1, -0.05) is 19.1 Å². The summed E-state index contributed by atoms with van der Waals surface area (Å²) in [5.74, 6) is 2.00. The summed E-state index contributed by atoms with van der Waals surface area (Å²) in [5, 5.41) is 0. The molecule has 2 amide bonds. The minimum atomic E-state index is 0.179. The van der Waals surface area contributed by atoms with Gasteiger partial charge < -0.3 is 24.2 Å². The maximum atomic E-state index is 12.8. The van der Waals surface area contributed by atoms with Gasteiger partial charge in [0.1, 0.15) is 24.7 Å². The molecule has 0 atom stereocenters. The van der Waals surface area contributed by atoms with E-state index in [1.54, 1.807) is 0 Å². The second-order valence-corrected chi connectivity index (χ2v) is 13.3. The molecule has 0 bridgehead atoms.